The second-order valence-electron chi connectivity index (χ2n) is 4.98. The summed E-state index contributed by atoms with van der Waals surface area (Å²) in [7, 11) is 2.14. The Hall–Kier alpha value is -1.06. The number of hydrogen-bond acceptors (Lipinski definition) is 3. The molecule has 2 unspecified atom stereocenters. The first-order chi connectivity index (χ1) is 8.79. The number of benzene rings is 1. The number of likely N-dealkylation sites (N-methyl/N-ethyl adjacent to an activating group) is 2. The van der Waals surface area contributed by atoms with Gasteiger partial charge in [0.2, 0.25) is 0 Å². The van der Waals surface area contributed by atoms with Crippen LogP contribution in [0, 0.1) is 0 Å². The van der Waals surface area contributed by atoms with Gasteiger partial charge in [-0.3, -0.25) is 0 Å². The molecular formula is C15H24N2O. The first kappa shape index (κ1) is 13.4. The largest absolute Gasteiger partial charge is 0.372 e. The molecule has 2 atom stereocenters. The van der Waals surface area contributed by atoms with Gasteiger partial charge in [0.1, 0.15) is 0 Å². The monoisotopic (exact) mass is 248 g/mol. The summed E-state index contributed by atoms with van der Waals surface area (Å²) in [6, 6.07) is 10.5. The average Bonchev–Trinajstić information content (AvgIpc) is 2.85. The molecule has 1 aromatic rings. The molecule has 0 aromatic heterocycles. The highest BCUT2D eigenvalue weighted by Gasteiger charge is 2.25. The molecule has 0 aliphatic carbocycles. The summed E-state index contributed by atoms with van der Waals surface area (Å²) in [5.74, 6) is 0. The normalized spacial score (nSPS) is 23.2. The highest BCUT2D eigenvalue weighted by Crippen LogP contribution is 2.21. The van der Waals surface area contributed by atoms with Gasteiger partial charge in [0, 0.05) is 25.8 Å². The van der Waals surface area contributed by atoms with Gasteiger partial charge in [-0.25, -0.2) is 0 Å². The van der Waals surface area contributed by atoms with Crippen LogP contribution in [0.25, 0.3) is 0 Å². The molecule has 0 saturated carbocycles. The minimum absolute atomic E-state index is 0.374. The fourth-order valence-electron chi connectivity index (χ4n) is 2.46. The molecule has 100 valence electrons. The maximum absolute atomic E-state index is 6.05. The molecule has 1 heterocycles. The molecule has 18 heavy (non-hydrogen) atoms. The zero-order valence-electron chi connectivity index (χ0n) is 11.4. The molecule has 1 fully saturated rings. The lowest BCUT2D eigenvalue weighted by Gasteiger charge is -2.23. The zero-order valence-corrected chi connectivity index (χ0v) is 11.4. The highest BCUT2D eigenvalue weighted by molar-refractivity contribution is 5.45. The maximum Gasteiger partial charge on any atom is 0.0755 e. The minimum Gasteiger partial charge on any atom is -0.372 e. The van der Waals surface area contributed by atoms with E-state index in [1.807, 2.05) is 0 Å². The van der Waals surface area contributed by atoms with Crippen LogP contribution >= 0.6 is 0 Å². The molecule has 0 radical (unpaired) electrons. The van der Waals surface area contributed by atoms with Gasteiger partial charge < -0.3 is 15.0 Å². The van der Waals surface area contributed by atoms with Crippen LogP contribution in [0.4, 0.5) is 5.69 Å². The summed E-state index contributed by atoms with van der Waals surface area (Å²) in [6.45, 7) is 5.12. The van der Waals surface area contributed by atoms with Gasteiger partial charge in [0.05, 0.1) is 12.2 Å². The van der Waals surface area contributed by atoms with Crippen molar-refractivity contribution in [3.8, 4) is 0 Å². The first-order valence-electron chi connectivity index (χ1n) is 6.92. The van der Waals surface area contributed by atoms with Crippen LogP contribution in [0.15, 0.2) is 30.3 Å². The van der Waals surface area contributed by atoms with Crippen molar-refractivity contribution in [1.29, 1.82) is 0 Å². The Bertz CT molecular complexity index is 342. The number of para-hydroxylation sites is 1. The summed E-state index contributed by atoms with van der Waals surface area (Å²) in [5, 5.41) is 3.36. The second-order valence-corrected chi connectivity index (χ2v) is 4.98. The van der Waals surface area contributed by atoms with Crippen LogP contribution in [0.5, 0.6) is 0 Å². The Labute approximate surface area is 110 Å². The number of nitrogens with zero attached hydrogens (tertiary/aromatic N) is 1. The van der Waals surface area contributed by atoms with E-state index < -0.39 is 0 Å². The molecule has 1 aliphatic heterocycles. The Morgan fingerprint density at radius 3 is 2.67 bits per heavy atom. The smallest absolute Gasteiger partial charge is 0.0755 e. The molecule has 0 amide bonds. The van der Waals surface area contributed by atoms with Gasteiger partial charge in [0.15, 0.2) is 0 Å². The van der Waals surface area contributed by atoms with Crippen LogP contribution in [0.1, 0.15) is 19.8 Å². The third-order valence-corrected chi connectivity index (χ3v) is 3.49. The molecular weight excluding hydrogens is 224 g/mol. The van der Waals surface area contributed by atoms with Crippen molar-refractivity contribution in [1.82, 2.24) is 5.32 Å². The molecule has 1 saturated heterocycles. The van der Waals surface area contributed by atoms with Crippen molar-refractivity contribution in [3.63, 3.8) is 0 Å². The number of hydrogen-bond donors (Lipinski definition) is 1. The summed E-state index contributed by atoms with van der Waals surface area (Å²) >= 11 is 0. The van der Waals surface area contributed by atoms with Crippen LogP contribution in [-0.4, -0.2) is 38.9 Å². The van der Waals surface area contributed by atoms with Gasteiger partial charge in [-0.15, -0.1) is 0 Å². The lowest BCUT2D eigenvalue weighted by atomic mass is 10.2. The minimum atomic E-state index is 0.374. The molecule has 3 nitrogen and oxygen atoms in total. The molecule has 1 aliphatic rings. The van der Waals surface area contributed by atoms with E-state index in [4.69, 9.17) is 4.74 Å². The Morgan fingerprint density at radius 2 is 1.94 bits per heavy atom. The van der Waals surface area contributed by atoms with E-state index in [1.165, 1.54) is 18.5 Å². The molecule has 2 rings (SSSR count). The van der Waals surface area contributed by atoms with Gasteiger partial charge in [-0.2, -0.15) is 0 Å². The zero-order chi connectivity index (χ0) is 12.8. The molecule has 0 bridgehead atoms. The van der Waals surface area contributed by atoms with Crippen molar-refractivity contribution in [2.24, 2.45) is 0 Å². The first-order valence-corrected chi connectivity index (χ1v) is 6.92. The van der Waals surface area contributed by atoms with Crippen LogP contribution < -0.4 is 10.2 Å². The van der Waals surface area contributed by atoms with E-state index in [0.29, 0.717) is 12.2 Å². The van der Waals surface area contributed by atoms with Crippen LogP contribution in [-0.2, 0) is 4.74 Å². The van der Waals surface area contributed by atoms with Gasteiger partial charge in [0.25, 0.3) is 0 Å². The van der Waals surface area contributed by atoms with Gasteiger partial charge in [-0.05, 0) is 31.5 Å². The van der Waals surface area contributed by atoms with Crippen molar-refractivity contribution in [2.75, 3.05) is 31.6 Å². The predicted molar refractivity (Wildman–Crippen MR) is 76.2 cm³/mol. The van der Waals surface area contributed by atoms with Gasteiger partial charge >= 0.3 is 0 Å². The fraction of sp³-hybridized carbons (Fsp3) is 0.600. The third kappa shape index (κ3) is 3.72. The van der Waals surface area contributed by atoms with Crippen molar-refractivity contribution < 1.29 is 4.74 Å². The SMILES string of the molecule is CCNCC1CCC(CN(C)c2ccccc2)O1. The van der Waals surface area contributed by atoms with Crippen molar-refractivity contribution >= 4 is 5.69 Å². The van der Waals surface area contributed by atoms with Crippen molar-refractivity contribution in [2.45, 2.75) is 32.0 Å². The summed E-state index contributed by atoms with van der Waals surface area (Å²) in [5.41, 5.74) is 1.26. The number of rotatable bonds is 6. The van der Waals surface area contributed by atoms with Crippen molar-refractivity contribution in [3.05, 3.63) is 30.3 Å². The summed E-state index contributed by atoms with van der Waals surface area (Å²) in [4.78, 5) is 2.28. The number of nitrogens with one attached hydrogen (secondary N) is 1. The van der Waals surface area contributed by atoms with E-state index in [-0.39, 0.29) is 0 Å². The summed E-state index contributed by atoms with van der Waals surface area (Å²) < 4.78 is 6.05. The molecule has 3 heteroatoms. The van der Waals surface area contributed by atoms with E-state index in [0.717, 1.165) is 19.6 Å². The summed E-state index contributed by atoms with van der Waals surface area (Å²) in [6.07, 6.45) is 3.13. The van der Waals surface area contributed by atoms with Crippen LogP contribution in [0.3, 0.4) is 0 Å². The molecule has 0 spiro atoms. The second kappa shape index (κ2) is 6.76. The van der Waals surface area contributed by atoms with Gasteiger partial charge in [-0.1, -0.05) is 25.1 Å². The van der Waals surface area contributed by atoms with E-state index >= 15 is 0 Å². The predicted octanol–water partition coefficient (Wildman–Crippen LogP) is 2.28. The Balaban J connectivity index is 1.77. The quantitative estimate of drug-likeness (QED) is 0.836. The standard InChI is InChI=1S/C15H24N2O/c1-3-16-11-14-9-10-15(18-14)12-17(2)13-7-5-4-6-8-13/h4-8,14-16H,3,9-12H2,1-2H3. The highest BCUT2D eigenvalue weighted by atomic mass is 16.5. The van der Waals surface area contributed by atoms with E-state index in [2.05, 4.69) is 54.5 Å². The van der Waals surface area contributed by atoms with Crippen LogP contribution in [0.2, 0.25) is 0 Å². The number of anilines is 1. The van der Waals surface area contributed by atoms with E-state index in [1.54, 1.807) is 0 Å². The maximum atomic E-state index is 6.05. The molecule has 1 aromatic carbocycles. The lowest BCUT2D eigenvalue weighted by Crippen LogP contribution is -2.31. The van der Waals surface area contributed by atoms with E-state index in [9.17, 15) is 0 Å². The fourth-order valence-corrected chi connectivity index (χ4v) is 2.46. The molecule has 1 N–H and O–H groups in total. The number of ether oxygens (including phenoxy) is 1. The lowest BCUT2D eigenvalue weighted by molar-refractivity contribution is 0.0503. The Kier molecular flexibility index (Phi) is 5.02. The third-order valence-electron chi connectivity index (χ3n) is 3.49. The topological polar surface area (TPSA) is 24.5 Å². The Morgan fingerprint density at radius 1 is 1.22 bits per heavy atom. The average molecular weight is 248 g/mol.